The van der Waals surface area contributed by atoms with E-state index in [0.717, 1.165) is 11.6 Å². The summed E-state index contributed by atoms with van der Waals surface area (Å²) < 4.78 is 29.0. The normalized spacial score (nSPS) is 15.1. The number of thiocarbonyl (C=S) groups is 4. The van der Waals surface area contributed by atoms with Crippen molar-refractivity contribution in [3.05, 3.63) is 36.7 Å². The SMILES string of the molecule is S=C([S-])N(c1ccc[nH]1)N(C(=S)S)N1CCOCC1.S=C([S-])N(c1ccc[nH]1)N(C(=S)S)N1CCOCC1.[O]=[Mo+2]=[O]. The Labute approximate surface area is 290 Å². The fourth-order valence-electron chi connectivity index (χ4n) is 3.61. The molecule has 224 valence electrons. The van der Waals surface area contributed by atoms with Gasteiger partial charge in [0.1, 0.15) is 11.6 Å². The maximum absolute atomic E-state index is 8.50. The van der Waals surface area contributed by atoms with Gasteiger partial charge in [-0.05, 0) is 57.3 Å². The molecule has 4 heterocycles. The minimum atomic E-state index is -2.03. The monoisotopic (exact) mass is 796 g/mol. The number of aromatic nitrogens is 2. The number of nitrogens with zero attached hydrogens (tertiary/aromatic N) is 6. The molecule has 2 aliphatic rings. The minimum absolute atomic E-state index is 0.269. The van der Waals surface area contributed by atoms with Crippen LogP contribution in [0.3, 0.4) is 0 Å². The molecule has 2 aromatic rings. The summed E-state index contributed by atoms with van der Waals surface area (Å²) in [5.41, 5.74) is 0. The number of thiol groups is 2. The molecule has 0 amide bonds. The number of rotatable bonds is 4. The second kappa shape index (κ2) is 19.6. The first-order valence-electron chi connectivity index (χ1n) is 11.6. The van der Waals surface area contributed by atoms with Crippen molar-refractivity contribution in [2.75, 3.05) is 62.6 Å². The van der Waals surface area contributed by atoms with Crippen LogP contribution in [0.2, 0.25) is 0 Å². The van der Waals surface area contributed by atoms with Crippen molar-refractivity contribution < 1.29 is 34.8 Å². The Balaban J connectivity index is 0.000000262. The molecule has 2 fully saturated rings. The van der Waals surface area contributed by atoms with Gasteiger partial charge in [0.25, 0.3) is 0 Å². The number of hydrogen-bond acceptors (Lipinski definition) is 12. The molecule has 12 nitrogen and oxygen atoms in total. The first-order valence-corrected chi connectivity index (χ1v) is 16.5. The van der Waals surface area contributed by atoms with Gasteiger partial charge in [0.15, 0.2) is 8.64 Å². The fraction of sp³-hybridized carbons (Fsp3) is 0.400. The van der Waals surface area contributed by atoms with E-state index in [9.17, 15) is 0 Å². The van der Waals surface area contributed by atoms with E-state index in [1.165, 1.54) is 0 Å². The number of H-pyrrole nitrogens is 2. The third-order valence-corrected chi connectivity index (χ3v) is 6.57. The average Bonchev–Trinajstić information content (AvgIpc) is 3.66. The average molecular weight is 795 g/mol. The molecule has 0 bridgehead atoms. The van der Waals surface area contributed by atoms with Crippen LogP contribution in [-0.2, 0) is 60.0 Å². The Morgan fingerprint density at radius 1 is 0.756 bits per heavy atom. The van der Waals surface area contributed by atoms with Crippen molar-refractivity contribution in [1.82, 2.24) is 30.2 Å². The van der Waals surface area contributed by atoms with Gasteiger partial charge >= 0.3 is 25.3 Å². The van der Waals surface area contributed by atoms with Gasteiger partial charge < -0.3 is 69.1 Å². The molecule has 0 radical (unpaired) electrons. The molecule has 0 spiro atoms. The van der Waals surface area contributed by atoms with Gasteiger partial charge in [-0.2, -0.15) is 20.3 Å². The number of nitrogens with one attached hydrogen (secondary N) is 2. The van der Waals surface area contributed by atoms with Crippen LogP contribution in [0.25, 0.3) is 0 Å². The van der Waals surface area contributed by atoms with E-state index >= 15 is 0 Å². The first-order chi connectivity index (χ1) is 19.6. The number of hydrazine groups is 4. The molecule has 2 aliphatic heterocycles. The third-order valence-electron chi connectivity index (χ3n) is 5.20. The van der Waals surface area contributed by atoms with Gasteiger partial charge in [-0.1, -0.05) is 0 Å². The molecule has 41 heavy (non-hydrogen) atoms. The summed E-state index contributed by atoms with van der Waals surface area (Å²) in [6.07, 6.45) is 3.60. The van der Waals surface area contributed by atoms with Gasteiger partial charge in [-0.3, -0.25) is 0 Å². The molecular weight excluding hydrogens is 769 g/mol. The quantitative estimate of drug-likeness (QED) is 0.120. The van der Waals surface area contributed by atoms with Gasteiger partial charge in [0.2, 0.25) is 0 Å². The van der Waals surface area contributed by atoms with E-state index in [2.05, 4.69) is 35.2 Å². The van der Waals surface area contributed by atoms with E-state index in [-0.39, 0.29) is 8.64 Å². The summed E-state index contributed by atoms with van der Waals surface area (Å²) in [4.78, 5) is 6.14. The standard InChI is InChI=1S/2C10H14N4OS4.Mo.2O/c2*16-9(17)13(8-2-1-3-11-8)14(10(18)19)12-4-6-15-7-5-12;;;/h2*1-3,11H,4-7H2,(H,16,17)(H,18,19);;;/q;;+2;;/p-2. The van der Waals surface area contributed by atoms with E-state index in [4.69, 9.17) is 90.4 Å². The molecule has 0 aromatic carbocycles. The Morgan fingerprint density at radius 2 is 1.07 bits per heavy atom. The third kappa shape index (κ3) is 11.4. The summed E-state index contributed by atoms with van der Waals surface area (Å²) in [7, 11) is 0. The number of aromatic amines is 2. The van der Waals surface area contributed by atoms with Crippen LogP contribution in [0.15, 0.2) is 36.7 Å². The zero-order valence-corrected chi connectivity index (χ0v) is 29.9. The predicted octanol–water partition coefficient (Wildman–Crippen LogP) is 2.42. The molecule has 2 saturated heterocycles. The Hall–Kier alpha value is -0.612. The molecule has 0 unspecified atom stereocenters. The topological polar surface area (TPSA) is 104 Å². The number of anilines is 2. The van der Waals surface area contributed by atoms with Gasteiger partial charge in [-0.25, -0.2) is 10.0 Å². The van der Waals surface area contributed by atoms with Crippen molar-refractivity contribution >= 4 is 128 Å². The Morgan fingerprint density at radius 3 is 1.29 bits per heavy atom. The molecule has 0 atom stereocenters. The van der Waals surface area contributed by atoms with Crippen LogP contribution in [-0.4, -0.2) is 100 Å². The van der Waals surface area contributed by atoms with Gasteiger partial charge in [0, 0.05) is 38.6 Å². The van der Waals surface area contributed by atoms with E-state index < -0.39 is 18.5 Å². The molecule has 0 aliphatic carbocycles. The fourth-order valence-corrected chi connectivity index (χ4v) is 5.14. The van der Waals surface area contributed by atoms with Gasteiger partial charge in [0.05, 0.1) is 26.4 Å². The van der Waals surface area contributed by atoms with Crippen molar-refractivity contribution in [3.63, 3.8) is 0 Å². The van der Waals surface area contributed by atoms with Gasteiger partial charge in [-0.15, -0.1) is 25.3 Å². The van der Waals surface area contributed by atoms with E-state index in [1.54, 1.807) is 32.6 Å². The second-order valence-corrected chi connectivity index (χ2v) is 12.2. The summed E-state index contributed by atoms with van der Waals surface area (Å²) in [5, 5.41) is 10.8. The summed E-state index contributed by atoms with van der Waals surface area (Å²) >= 11 is 37.6. The maximum atomic E-state index is 8.50. The summed E-state index contributed by atoms with van der Waals surface area (Å²) in [6, 6.07) is 7.49. The van der Waals surface area contributed by atoms with Crippen LogP contribution in [0.1, 0.15) is 0 Å². The molecule has 0 saturated carbocycles. The molecule has 4 rings (SSSR count). The number of morpholine rings is 2. The molecular formula is C20H26MoN8O4S8. The van der Waals surface area contributed by atoms with Crippen LogP contribution in [0.5, 0.6) is 0 Å². The first kappa shape index (κ1) is 36.6. The molecule has 2 aromatic heterocycles. The van der Waals surface area contributed by atoms with E-state index in [0.29, 0.717) is 61.2 Å². The number of hydrogen-bond donors (Lipinski definition) is 4. The molecule has 2 N–H and O–H groups in total. The Kier molecular flexibility index (Phi) is 17.5. The predicted molar refractivity (Wildman–Crippen MR) is 179 cm³/mol. The molecule has 21 heteroatoms. The zero-order valence-electron chi connectivity index (χ0n) is 21.2. The summed E-state index contributed by atoms with van der Waals surface area (Å²) in [6.45, 7) is 5.36. The summed E-state index contributed by atoms with van der Waals surface area (Å²) in [5.74, 6) is 1.51. The van der Waals surface area contributed by atoms with Crippen LogP contribution >= 0.6 is 74.1 Å². The second-order valence-electron chi connectivity index (χ2n) is 7.61. The Bertz CT molecular complexity index is 1080. The zero-order chi connectivity index (χ0) is 30.4. The van der Waals surface area contributed by atoms with E-state index in [1.807, 2.05) is 34.3 Å². The van der Waals surface area contributed by atoms with Crippen LogP contribution in [0, 0.1) is 0 Å². The number of ether oxygens (including phenoxy) is 2. The van der Waals surface area contributed by atoms with Crippen LogP contribution < -0.4 is 10.0 Å². The van der Waals surface area contributed by atoms with Crippen LogP contribution in [0.4, 0.5) is 11.6 Å². The van der Waals surface area contributed by atoms with Crippen molar-refractivity contribution in [3.8, 4) is 0 Å². The van der Waals surface area contributed by atoms with Crippen molar-refractivity contribution in [1.29, 1.82) is 0 Å². The van der Waals surface area contributed by atoms with Crippen molar-refractivity contribution in [2.45, 2.75) is 0 Å². The van der Waals surface area contributed by atoms with Crippen molar-refractivity contribution in [2.24, 2.45) is 0 Å².